The topological polar surface area (TPSA) is 139 Å². The van der Waals surface area contributed by atoms with Gasteiger partial charge in [0.25, 0.3) is 5.89 Å². The van der Waals surface area contributed by atoms with Gasteiger partial charge in [-0.25, -0.2) is 13.4 Å². The number of sulfonamides is 1. The molecule has 0 fully saturated rings. The Morgan fingerprint density at radius 3 is 2.11 bits per heavy atom. The molecule has 0 spiro atoms. The van der Waals surface area contributed by atoms with Gasteiger partial charge in [0, 0.05) is 5.69 Å². The molecule has 36 heavy (non-hydrogen) atoms. The standard InChI is InChI=1S/C26H25N3O6S/c1-15(2)22(26(31)32)29-36(33,34)20-13-9-18(10-14-20)17-7-11-19(12-8-17)27-24(30)25-28-23-16(3)5-4-6-21(23)35-25/h4-15,22,29H,1-3H3,(H,27,30)(H,31,32). The Morgan fingerprint density at radius 2 is 1.56 bits per heavy atom. The van der Waals surface area contributed by atoms with Crippen molar-refractivity contribution >= 4 is 38.7 Å². The number of hydrogen-bond donors (Lipinski definition) is 3. The molecule has 0 saturated carbocycles. The first-order valence-corrected chi connectivity index (χ1v) is 12.7. The molecule has 186 valence electrons. The summed E-state index contributed by atoms with van der Waals surface area (Å²) in [5, 5.41) is 12.0. The molecule has 1 aromatic heterocycles. The molecule has 1 atom stereocenters. The number of nitrogens with zero attached hydrogens (tertiary/aromatic N) is 1. The van der Waals surface area contributed by atoms with Crippen LogP contribution in [0.2, 0.25) is 0 Å². The van der Waals surface area contributed by atoms with Crippen molar-refractivity contribution in [3.8, 4) is 11.1 Å². The second-order valence-electron chi connectivity index (χ2n) is 8.68. The summed E-state index contributed by atoms with van der Waals surface area (Å²) < 4.78 is 33.0. The van der Waals surface area contributed by atoms with Crippen molar-refractivity contribution < 1.29 is 27.5 Å². The van der Waals surface area contributed by atoms with E-state index in [-0.39, 0.29) is 10.8 Å². The third-order valence-corrected chi connectivity index (χ3v) is 7.13. The van der Waals surface area contributed by atoms with Crippen molar-refractivity contribution in [3.05, 3.63) is 78.2 Å². The highest BCUT2D eigenvalue weighted by Crippen LogP contribution is 2.24. The van der Waals surface area contributed by atoms with Gasteiger partial charge in [-0.05, 0) is 59.9 Å². The maximum atomic E-state index is 12.6. The molecule has 3 aromatic carbocycles. The zero-order valence-electron chi connectivity index (χ0n) is 19.8. The number of rotatable bonds is 8. The highest BCUT2D eigenvalue weighted by Gasteiger charge is 2.28. The Hall–Kier alpha value is -4.02. The predicted molar refractivity (Wildman–Crippen MR) is 135 cm³/mol. The third-order valence-electron chi connectivity index (χ3n) is 5.67. The Labute approximate surface area is 208 Å². The number of fused-ring (bicyclic) bond motifs is 1. The van der Waals surface area contributed by atoms with Crippen LogP contribution in [0.25, 0.3) is 22.2 Å². The van der Waals surface area contributed by atoms with Gasteiger partial charge in [0.1, 0.15) is 11.6 Å². The van der Waals surface area contributed by atoms with Crippen molar-refractivity contribution in [2.75, 3.05) is 5.32 Å². The minimum atomic E-state index is -4.00. The number of anilines is 1. The molecule has 3 N–H and O–H groups in total. The molecule has 0 aliphatic heterocycles. The van der Waals surface area contributed by atoms with E-state index in [1.54, 1.807) is 56.3 Å². The van der Waals surface area contributed by atoms with Gasteiger partial charge >= 0.3 is 11.9 Å². The molecule has 1 unspecified atom stereocenters. The number of carboxylic acids is 1. The van der Waals surface area contributed by atoms with E-state index >= 15 is 0 Å². The average Bonchev–Trinajstić information content (AvgIpc) is 3.29. The number of carbonyl (C=O) groups is 2. The van der Waals surface area contributed by atoms with E-state index < -0.39 is 33.9 Å². The van der Waals surface area contributed by atoms with Gasteiger partial charge in [-0.2, -0.15) is 4.72 Å². The molecule has 10 heteroatoms. The Bertz CT molecular complexity index is 1520. The van der Waals surface area contributed by atoms with Crippen LogP contribution in [-0.4, -0.2) is 36.4 Å². The van der Waals surface area contributed by atoms with Crippen molar-refractivity contribution in [2.45, 2.75) is 31.7 Å². The first-order valence-electron chi connectivity index (χ1n) is 11.2. The van der Waals surface area contributed by atoms with Crippen LogP contribution in [0.1, 0.15) is 30.1 Å². The number of hydrogen-bond acceptors (Lipinski definition) is 6. The number of amides is 1. The first kappa shape index (κ1) is 25.1. The summed E-state index contributed by atoms with van der Waals surface area (Å²) in [6.07, 6.45) is 0. The molecule has 0 saturated heterocycles. The van der Waals surface area contributed by atoms with E-state index in [4.69, 9.17) is 4.42 Å². The van der Waals surface area contributed by atoms with E-state index in [2.05, 4.69) is 15.0 Å². The monoisotopic (exact) mass is 507 g/mol. The van der Waals surface area contributed by atoms with Crippen LogP contribution in [0.5, 0.6) is 0 Å². The van der Waals surface area contributed by atoms with Gasteiger partial charge in [-0.1, -0.05) is 50.2 Å². The average molecular weight is 508 g/mol. The number of aromatic nitrogens is 1. The predicted octanol–water partition coefficient (Wildman–Crippen LogP) is 4.44. The minimum absolute atomic E-state index is 0.0311. The largest absolute Gasteiger partial charge is 0.480 e. The van der Waals surface area contributed by atoms with E-state index in [0.717, 1.165) is 16.7 Å². The number of benzene rings is 3. The van der Waals surface area contributed by atoms with E-state index in [1.807, 2.05) is 19.1 Å². The van der Waals surface area contributed by atoms with E-state index in [1.165, 1.54) is 12.1 Å². The number of aryl methyl sites for hydroxylation is 1. The number of carboxylic acid groups (broad SMARTS) is 1. The maximum absolute atomic E-state index is 12.6. The summed E-state index contributed by atoms with van der Waals surface area (Å²) in [7, 11) is -4.00. The van der Waals surface area contributed by atoms with Gasteiger partial charge in [-0.3, -0.25) is 9.59 Å². The highest BCUT2D eigenvalue weighted by molar-refractivity contribution is 7.89. The van der Waals surface area contributed by atoms with Gasteiger partial charge in [-0.15, -0.1) is 0 Å². The summed E-state index contributed by atoms with van der Waals surface area (Å²) in [6, 6.07) is 17.4. The van der Waals surface area contributed by atoms with Crippen LogP contribution in [0.3, 0.4) is 0 Å². The SMILES string of the molecule is Cc1cccc2oc(C(=O)Nc3ccc(-c4ccc(S(=O)(=O)NC(C(=O)O)C(C)C)cc4)cc3)nc12. The smallest absolute Gasteiger partial charge is 0.322 e. The highest BCUT2D eigenvalue weighted by atomic mass is 32.2. The fourth-order valence-corrected chi connectivity index (χ4v) is 4.99. The molecular formula is C26H25N3O6S. The molecule has 0 bridgehead atoms. The third kappa shape index (κ3) is 5.29. The number of oxazole rings is 1. The Kier molecular flexibility index (Phi) is 6.91. The molecule has 4 aromatic rings. The molecule has 0 aliphatic rings. The summed E-state index contributed by atoms with van der Waals surface area (Å²) in [5.41, 5.74) is 4.18. The second-order valence-corrected chi connectivity index (χ2v) is 10.4. The summed E-state index contributed by atoms with van der Waals surface area (Å²) >= 11 is 0. The first-order chi connectivity index (χ1) is 17.0. The van der Waals surface area contributed by atoms with Gasteiger partial charge in [0.15, 0.2) is 5.58 Å². The van der Waals surface area contributed by atoms with Crippen LogP contribution in [0.4, 0.5) is 5.69 Å². The van der Waals surface area contributed by atoms with Gasteiger partial charge in [0.05, 0.1) is 4.90 Å². The fourth-order valence-electron chi connectivity index (χ4n) is 3.65. The number of para-hydroxylation sites is 1. The van der Waals surface area contributed by atoms with Crippen LogP contribution in [0, 0.1) is 12.8 Å². The van der Waals surface area contributed by atoms with Crippen LogP contribution >= 0.6 is 0 Å². The summed E-state index contributed by atoms with van der Waals surface area (Å²) in [4.78, 5) is 28.2. The minimum Gasteiger partial charge on any atom is -0.480 e. The lowest BCUT2D eigenvalue weighted by Gasteiger charge is -2.18. The molecule has 4 rings (SSSR count). The lowest BCUT2D eigenvalue weighted by atomic mass is 10.1. The number of nitrogens with one attached hydrogen (secondary N) is 2. The van der Waals surface area contributed by atoms with Crippen molar-refractivity contribution in [1.82, 2.24) is 9.71 Å². The summed E-state index contributed by atoms with van der Waals surface area (Å²) in [5.74, 6) is -2.15. The zero-order chi connectivity index (χ0) is 26.0. The van der Waals surface area contributed by atoms with E-state index in [9.17, 15) is 23.1 Å². The van der Waals surface area contributed by atoms with Crippen LogP contribution < -0.4 is 10.0 Å². The van der Waals surface area contributed by atoms with Gasteiger partial charge in [0.2, 0.25) is 10.0 Å². The van der Waals surface area contributed by atoms with Crippen LogP contribution in [-0.2, 0) is 14.8 Å². The fraction of sp³-hybridized carbons (Fsp3) is 0.192. The summed E-state index contributed by atoms with van der Waals surface area (Å²) in [6.45, 7) is 5.15. The zero-order valence-corrected chi connectivity index (χ0v) is 20.7. The molecule has 9 nitrogen and oxygen atoms in total. The maximum Gasteiger partial charge on any atom is 0.322 e. The van der Waals surface area contributed by atoms with Crippen LogP contribution in [0.15, 0.2) is 76.0 Å². The van der Waals surface area contributed by atoms with Gasteiger partial charge < -0.3 is 14.8 Å². The molecular weight excluding hydrogens is 482 g/mol. The number of aliphatic carboxylic acids is 1. The molecule has 0 aliphatic carbocycles. The Balaban J connectivity index is 1.46. The lowest BCUT2D eigenvalue weighted by molar-refractivity contribution is -0.140. The van der Waals surface area contributed by atoms with Crippen molar-refractivity contribution in [2.24, 2.45) is 5.92 Å². The van der Waals surface area contributed by atoms with E-state index in [0.29, 0.717) is 16.8 Å². The number of carbonyl (C=O) groups excluding carboxylic acids is 1. The normalized spacial score (nSPS) is 12.6. The molecule has 1 heterocycles. The lowest BCUT2D eigenvalue weighted by Crippen LogP contribution is -2.44. The van der Waals surface area contributed by atoms with Crippen molar-refractivity contribution in [1.29, 1.82) is 0 Å². The quantitative estimate of drug-likeness (QED) is 0.320. The second kappa shape index (κ2) is 9.92. The molecule has 1 amide bonds. The van der Waals surface area contributed by atoms with Crippen molar-refractivity contribution in [3.63, 3.8) is 0 Å². The molecule has 0 radical (unpaired) electrons. The Morgan fingerprint density at radius 1 is 0.944 bits per heavy atom.